The molecule has 3 N–H and O–H groups in total. The molecule has 0 radical (unpaired) electrons. The van der Waals surface area contributed by atoms with Gasteiger partial charge in [-0.15, -0.1) is 11.3 Å². The first kappa shape index (κ1) is 26.6. The third-order valence-corrected chi connectivity index (χ3v) is 7.60. The SMILES string of the molecule is CCNC(=O)c1cc2c(-c3sc(C(F)C(C)(C)O)c(C)c3Oc3c(C)ccnc3C)cn(C)c(=O)c2[nH]1. The number of nitrogens with one attached hydrogen (secondary N) is 2. The molecule has 0 fully saturated rings. The molecular weight excluding hydrogens is 495 g/mol. The maximum absolute atomic E-state index is 15.5. The third-order valence-electron chi connectivity index (χ3n) is 6.25. The van der Waals surface area contributed by atoms with Crippen molar-refractivity contribution < 1.29 is 19.0 Å². The van der Waals surface area contributed by atoms with E-state index in [9.17, 15) is 14.7 Å². The number of H-pyrrole nitrogens is 1. The number of nitrogens with zero attached hydrogens (tertiary/aromatic N) is 2. The molecule has 0 spiro atoms. The van der Waals surface area contributed by atoms with E-state index in [2.05, 4.69) is 15.3 Å². The minimum absolute atomic E-state index is 0.246. The lowest BCUT2D eigenvalue weighted by molar-refractivity contribution is -0.00286. The van der Waals surface area contributed by atoms with Crippen molar-refractivity contribution in [2.75, 3.05) is 6.54 Å². The van der Waals surface area contributed by atoms with Crippen molar-refractivity contribution in [1.29, 1.82) is 0 Å². The van der Waals surface area contributed by atoms with Gasteiger partial charge in [0, 0.05) is 47.4 Å². The van der Waals surface area contributed by atoms with E-state index >= 15 is 4.39 Å². The fraction of sp³-hybridized carbons (Fsp3) is 0.370. The van der Waals surface area contributed by atoms with E-state index in [0.29, 0.717) is 50.0 Å². The Morgan fingerprint density at radius 3 is 2.65 bits per heavy atom. The van der Waals surface area contributed by atoms with E-state index in [1.165, 1.54) is 18.4 Å². The molecule has 0 aromatic carbocycles. The predicted molar refractivity (Wildman–Crippen MR) is 144 cm³/mol. The third kappa shape index (κ3) is 4.78. The lowest BCUT2D eigenvalue weighted by Crippen LogP contribution is -2.25. The summed E-state index contributed by atoms with van der Waals surface area (Å²) in [6, 6.07) is 3.45. The summed E-state index contributed by atoms with van der Waals surface area (Å²) in [5.74, 6) is 0.624. The summed E-state index contributed by atoms with van der Waals surface area (Å²) in [5.41, 5.74) is 1.24. The molecule has 0 aliphatic rings. The molecule has 1 amide bonds. The molecule has 0 aliphatic carbocycles. The Bertz CT molecular complexity index is 1540. The van der Waals surface area contributed by atoms with Gasteiger partial charge in [-0.25, -0.2) is 4.39 Å². The molecule has 4 aromatic heterocycles. The number of hydrogen-bond donors (Lipinski definition) is 3. The van der Waals surface area contributed by atoms with Crippen LogP contribution in [0.5, 0.6) is 11.5 Å². The van der Waals surface area contributed by atoms with Crippen LogP contribution in [0.25, 0.3) is 21.3 Å². The second-order valence-corrected chi connectivity index (χ2v) is 10.8. The number of pyridine rings is 2. The Morgan fingerprint density at radius 1 is 1.32 bits per heavy atom. The van der Waals surface area contributed by atoms with Crippen molar-refractivity contribution in [1.82, 2.24) is 19.9 Å². The summed E-state index contributed by atoms with van der Waals surface area (Å²) in [6.07, 6.45) is 1.67. The lowest BCUT2D eigenvalue weighted by atomic mass is 9.99. The van der Waals surface area contributed by atoms with Crippen LogP contribution in [0.2, 0.25) is 0 Å². The summed E-state index contributed by atoms with van der Waals surface area (Å²) in [7, 11) is 1.62. The number of aromatic nitrogens is 3. The summed E-state index contributed by atoms with van der Waals surface area (Å²) in [5, 5.41) is 13.7. The van der Waals surface area contributed by atoms with Gasteiger partial charge in [-0.2, -0.15) is 0 Å². The summed E-state index contributed by atoms with van der Waals surface area (Å²) >= 11 is 1.15. The van der Waals surface area contributed by atoms with Gasteiger partial charge in [0.1, 0.15) is 17.0 Å². The largest absolute Gasteiger partial charge is 0.453 e. The molecule has 4 rings (SSSR count). The predicted octanol–water partition coefficient (Wildman–Crippen LogP) is 5.24. The highest BCUT2D eigenvalue weighted by atomic mass is 32.1. The van der Waals surface area contributed by atoms with Crippen LogP contribution in [0.3, 0.4) is 0 Å². The van der Waals surface area contributed by atoms with Crippen molar-refractivity contribution in [3.05, 3.63) is 62.3 Å². The molecule has 196 valence electrons. The topological polar surface area (TPSA) is 109 Å². The lowest BCUT2D eigenvalue weighted by Gasteiger charge is -2.22. The van der Waals surface area contributed by atoms with Gasteiger partial charge in [-0.1, -0.05) is 0 Å². The molecule has 0 saturated heterocycles. The van der Waals surface area contributed by atoms with Gasteiger partial charge in [-0.3, -0.25) is 14.6 Å². The van der Waals surface area contributed by atoms with Crippen LogP contribution in [0, 0.1) is 20.8 Å². The van der Waals surface area contributed by atoms with Crippen LogP contribution < -0.4 is 15.6 Å². The molecule has 4 heterocycles. The van der Waals surface area contributed by atoms with Gasteiger partial charge in [0.2, 0.25) is 0 Å². The number of carbonyl (C=O) groups is 1. The number of alkyl halides is 1. The van der Waals surface area contributed by atoms with Gasteiger partial charge in [-0.05, 0) is 59.2 Å². The molecule has 0 aliphatic heterocycles. The Hall–Kier alpha value is -3.50. The molecule has 37 heavy (non-hydrogen) atoms. The number of rotatable bonds is 7. The van der Waals surface area contributed by atoms with Gasteiger partial charge in [0.15, 0.2) is 11.9 Å². The summed E-state index contributed by atoms with van der Waals surface area (Å²) in [6.45, 7) is 10.6. The van der Waals surface area contributed by atoms with Crippen LogP contribution in [0.15, 0.2) is 29.3 Å². The van der Waals surface area contributed by atoms with E-state index in [0.717, 1.165) is 16.9 Å². The van der Waals surface area contributed by atoms with Gasteiger partial charge in [0.25, 0.3) is 11.5 Å². The van der Waals surface area contributed by atoms with Crippen LogP contribution in [0.4, 0.5) is 4.39 Å². The average molecular weight is 527 g/mol. The zero-order valence-electron chi connectivity index (χ0n) is 21.9. The fourth-order valence-electron chi connectivity index (χ4n) is 4.21. The zero-order valence-corrected chi connectivity index (χ0v) is 22.8. The Kier molecular flexibility index (Phi) is 7.00. The monoisotopic (exact) mass is 526 g/mol. The first-order valence-corrected chi connectivity index (χ1v) is 12.8. The highest BCUT2D eigenvalue weighted by molar-refractivity contribution is 7.16. The van der Waals surface area contributed by atoms with Crippen molar-refractivity contribution in [3.63, 3.8) is 0 Å². The number of aliphatic hydroxyl groups is 1. The minimum Gasteiger partial charge on any atom is -0.453 e. The van der Waals surface area contributed by atoms with Crippen LogP contribution in [-0.2, 0) is 7.05 Å². The molecule has 1 atom stereocenters. The highest BCUT2D eigenvalue weighted by Crippen LogP contribution is 2.50. The van der Waals surface area contributed by atoms with Crippen LogP contribution in [0.1, 0.15) is 59.1 Å². The minimum atomic E-state index is -1.68. The first-order chi connectivity index (χ1) is 17.3. The molecule has 8 nitrogen and oxygen atoms in total. The van der Waals surface area contributed by atoms with E-state index in [4.69, 9.17) is 4.74 Å². The molecule has 1 unspecified atom stereocenters. The Morgan fingerprint density at radius 2 is 2.03 bits per heavy atom. The van der Waals surface area contributed by atoms with E-state index < -0.39 is 11.8 Å². The number of aromatic amines is 1. The number of halogens is 1. The molecule has 0 saturated carbocycles. The second-order valence-electron chi connectivity index (χ2n) is 9.70. The van der Waals surface area contributed by atoms with E-state index in [1.807, 2.05) is 26.8 Å². The molecule has 0 bridgehead atoms. The number of aryl methyl sites for hydroxylation is 3. The summed E-state index contributed by atoms with van der Waals surface area (Å²) in [4.78, 5) is 33.7. The number of carbonyl (C=O) groups excluding carboxylic acids is 1. The zero-order chi connectivity index (χ0) is 27.2. The fourth-order valence-corrected chi connectivity index (χ4v) is 5.63. The smallest absolute Gasteiger partial charge is 0.274 e. The molecule has 10 heteroatoms. The second kappa shape index (κ2) is 9.75. The van der Waals surface area contributed by atoms with E-state index in [-0.39, 0.29) is 22.7 Å². The Balaban J connectivity index is 2.03. The number of thiophene rings is 1. The van der Waals surface area contributed by atoms with Crippen molar-refractivity contribution in [3.8, 4) is 21.9 Å². The van der Waals surface area contributed by atoms with Crippen molar-refractivity contribution in [2.24, 2.45) is 7.05 Å². The number of fused-ring (bicyclic) bond motifs is 1. The first-order valence-electron chi connectivity index (χ1n) is 12.0. The number of ether oxygens (including phenoxy) is 1. The van der Waals surface area contributed by atoms with Gasteiger partial charge in [0.05, 0.1) is 16.2 Å². The standard InChI is InChI=1S/C27H31FN4O4S/c1-8-29-25(33)18-11-16-17(12-32(7)26(34)19(16)31-18)23-21(36-20-13(2)9-10-30-15(20)4)14(3)22(37-23)24(28)27(5,6)35/h9-12,24,31,35H,8H2,1-7H3,(H,29,33). The average Bonchev–Trinajstić information content (AvgIpc) is 3.40. The number of amides is 1. The van der Waals surface area contributed by atoms with Crippen molar-refractivity contribution >= 4 is 28.1 Å². The van der Waals surface area contributed by atoms with E-state index in [1.54, 1.807) is 32.4 Å². The van der Waals surface area contributed by atoms with Gasteiger partial charge >= 0.3 is 0 Å². The van der Waals surface area contributed by atoms with Crippen molar-refractivity contribution in [2.45, 2.75) is 53.3 Å². The maximum atomic E-state index is 15.5. The highest BCUT2D eigenvalue weighted by Gasteiger charge is 2.34. The maximum Gasteiger partial charge on any atom is 0.274 e. The van der Waals surface area contributed by atoms with Crippen LogP contribution in [-0.4, -0.2) is 37.7 Å². The molecule has 4 aromatic rings. The normalized spacial score (nSPS) is 12.7. The van der Waals surface area contributed by atoms with Gasteiger partial charge < -0.3 is 24.7 Å². The van der Waals surface area contributed by atoms with Crippen LogP contribution >= 0.6 is 11.3 Å². The quantitative estimate of drug-likeness (QED) is 0.305. The summed E-state index contributed by atoms with van der Waals surface area (Å²) < 4.78 is 23.4. The number of hydrogen-bond acceptors (Lipinski definition) is 6. The Labute approximate surface area is 218 Å². The molecular formula is C27H31FN4O4S.